The first-order chi connectivity index (χ1) is 25.8. The van der Waals surface area contributed by atoms with Gasteiger partial charge in [-0.05, 0) is 97.9 Å². The summed E-state index contributed by atoms with van der Waals surface area (Å²) in [6, 6.07) is 72.9. The van der Waals surface area contributed by atoms with Gasteiger partial charge in [0.25, 0.3) is 0 Å². The smallest absolute Gasteiger partial charge is 0.0540 e. The second-order valence-electron chi connectivity index (χ2n) is 13.3. The number of hydrogen-bond donors (Lipinski definition) is 0. The van der Waals surface area contributed by atoms with Crippen molar-refractivity contribution in [3.63, 3.8) is 0 Å². The Kier molecular flexibility index (Phi) is 7.41. The zero-order chi connectivity index (χ0) is 34.4. The molecular formula is C50H33NS. The molecule has 0 atom stereocenters. The molecule has 9 aromatic carbocycles. The summed E-state index contributed by atoms with van der Waals surface area (Å²) in [5, 5.41) is 7.75. The van der Waals surface area contributed by atoms with E-state index in [2.05, 4.69) is 205 Å². The van der Waals surface area contributed by atoms with Gasteiger partial charge in [-0.3, -0.25) is 0 Å². The second-order valence-corrected chi connectivity index (χ2v) is 14.4. The van der Waals surface area contributed by atoms with Crippen LogP contribution in [0.3, 0.4) is 0 Å². The molecule has 2 heteroatoms. The predicted octanol–water partition coefficient (Wildman–Crippen LogP) is 14.8. The average molecular weight is 680 g/mol. The Bertz CT molecular complexity index is 2880. The van der Waals surface area contributed by atoms with Crippen molar-refractivity contribution in [1.29, 1.82) is 0 Å². The SMILES string of the molecule is c1ccc(-c2ccccc2N(c2ccc(-c3ccc4c(c3)sc3cc5ccccc5cc34)cc2)c2ccc(-c3cccc4ccccc34)cc2)cc1. The summed E-state index contributed by atoms with van der Waals surface area (Å²) in [5.41, 5.74) is 10.6. The third-order valence-electron chi connectivity index (χ3n) is 10.3. The van der Waals surface area contributed by atoms with Gasteiger partial charge in [-0.1, -0.05) is 152 Å². The first-order valence-corrected chi connectivity index (χ1v) is 18.6. The summed E-state index contributed by atoms with van der Waals surface area (Å²) in [6.07, 6.45) is 0. The van der Waals surface area contributed by atoms with Crippen LogP contribution < -0.4 is 4.90 Å². The first-order valence-electron chi connectivity index (χ1n) is 17.8. The molecular weight excluding hydrogens is 647 g/mol. The maximum absolute atomic E-state index is 2.39. The third-order valence-corrected chi connectivity index (χ3v) is 11.4. The normalized spacial score (nSPS) is 11.5. The second kappa shape index (κ2) is 12.7. The molecule has 0 amide bonds. The standard InChI is InChI=1S/C50H33NS/c1-2-11-36(12-3-1)45-18-8-9-20-48(45)51(42-28-23-37(24-29-42)44-19-10-16-35-13-6-7-17-43(35)44)41-26-21-34(22-27-41)40-25-30-46-47-31-38-14-4-5-15-39(38)32-50(47)52-49(46)33-40/h1-33H. The minimum Gasteiger partial charge on any atom is -0.310 e. The molecule has 1 nitrogen and oxygen atoms in total. The number of benzene rings is 9. The first kappa shape index (κ1) is 30.4. The summed E-state index contributed by atoms with van der Waals surface area (Å²) in [5.74, 6) is 0. The zero-order valence-electron chi connectivity index (χ0n) is 28.4. The molecule has 10 aromatic rings. The number of rotatable bonds is 6. The fraction of sp³-hybridized carbons (Fsp3) is 0. The molecule has 0 saturated heterocycles. The van der Waals surface area contributed by atoms with Crippen molar-refractivity contribution in [2.75, 3.05) is 4.90 Å². The van der Waals surface area contributed by atoms with Crippen LogP contribution in [0.5, 0.6) is 0 Å². The Morgan fingerprint density at radius 2 is 0.865 bits per heavy atom. The van der Waals surface area contributed by atoms with Gasteiger partial charge in [-0.15, -0.1) is 11.3 Å². The lowest BCUT2D eigenvalue weighted by Gasteiger charge is -2.28. The minimum absolute atomic E-state index is 1.11. The highest BCUT2D eigenvalue weighted by molar-refractivity contribution is 7.25. The summed E-state index contributed by atoms with van der Waals surface area (Å²) < 4.78 is 2.65. The molecule has 52 heavy (non-hydrogen) atoms. The molecule has 0 aliphatic carbocycles. The van der Waals surface area contributed by atoms with Gasteiger partial charge in [-0.2, -0.15) is 0 Å². The Balaban J connectivity index is 1.06. The molecule has 0 saturated carbocycles. The molecule has 1 aromatic heterocycles. The number of hydrogen-bond acceptors (Lipinski definition) is 2. The molecule has 0 radical (unpaired) electrons. The van der Waals surface area contributed by atoms with E-state index < -0.39 is 0 Å². The molecule has 1 heterocycles. The monoisotopic (exact) mass is 679 g/mol. The number of anilines is 3. The van der Waals surface area contributed by atoms with Crippen molar-refractivity contribution in [3.05, 3.63) is 200 Å². The van der Waals surface area contributed by atoms with E-state index in [0.717, 1.165) is 17.1 Å². The van der Waals surface area contributed by atoms with Crippen molar-refractivity contribution in [1.82, 2.24) is 0 Å². The maximum Gasteiger partial charge on any atom is 0.0540 e. The topological polar surface area (TPSA) is 3.24 Å². The highest BCUT2D eigenvalue weighted by atomic mass is 32.1. The third kappa shape index (κ3) is 5.33. The summed E-state index contributed by atoms with van der Waals surface area (Å²) in [4.78, 5) is 2.39. The van der Waals surface area contributed by atoms with E-state index in [-0.39, 0.29) is 0 Å². The van der Waals surface area contributed by atoms with Gasteiger partial charge in [0.2, 0.25) is 0 Å². The van der Waals surface area contributed by atoms with E-state index in [1.54, 1.807) is 0 Å². The summed E-state index contributed by atoms with van der Waals surface area (Å²) in [6.45, 7) is 0. The van der Waals surface area contributed by atoms with Crippen LogP contribution in [-0.2, 0) is 0 Å². The van der Waals surface area contributed by atoms with Gasteiger partial charge in [0.05, 0.1) is 5.69 Å². The fourth-order valence-corrected chi connectivity index (χ4v) is 8.84. The lowest BCUT2D eigenvalue weighted by atomic mass is 9.97. The molecule has 244 valence electrons. The summed E-state index contributed by atoms with van der Waals surface area (Å²) in [7, 11) is 0. The Labute approximate surface area is 307 Å². The highest BCUT2D eigenvalue weighted by Gasteiger charge is 2.18. The van der Waals surface area contributed by atoms with Gasteiger partial charge in [0.1, 0.15) is 0 Å². The van der Waals surface area contributed by atoms with Crippen molar-refractivity contribution in [2.45, 2.75) is 0 Å². The van der Waals surface area contributed by atoms with Gasteiger partial charge >= 0.3 is 0 Å². The molecule has 0 spiro atoms. The Hall–Kier alpha value is -6.48. The fourth-order valence-electron chi connectivity index (χ4n) is 7.67. The molecule has 0 aliphatic heterocycles. The van der Waals surface area contributed by atoms with Crippen LogP contribution in [-0.4, -0.2) is 0 Å². The van der Waals surface area contributed by atoms with Crippen LogP contribution in [0.15, 0.2) is 200 Å². The maximum atomic E-state index is 2.39. The summed E-state index contributed by atoms with van der Waals surface area (Å²) >= 11 is 1.88. The van der Waals surface area contributed by atoms with Gasteiger partial charge in [0, 0.05) is 37.1 Å². The van der Waals surface area contributed by atoms with Gasteiger partial charge in [-0.25, -0.2) is 0 Å². The van der Waals surface area contributed by atoms with E-state index >= 15 is 0 Å². The van der Waals surface area contributed by atoms with E-state index in [4.69, 9.17) is 0 Å². The van der Waals surface area contributed by atoms with E-state index in [9.17, 15) is 0 Å². The van der Waals surface area contributed by atoms with Crippen LogP contribution in [0.4, 0.5) is 17.1 Å². The van der Waals surface area contributed by atoms with Crippen molar-refractivity contribution in [2.24, 2.45) is 0 Å². The zero-order valence-corrected chi connectivity index (χ0v) is 29.2. The molecule has 10 rings (SSSR count). The van der Waals surface area contributed by atoms with Crippen molar-refractivity contribution in [3.8, 4) is 33.4 Å². The van der Waals surface area contributed by atoms with Gasteiger partial charge < -0.3 is 4.90 Å². The van der Waals surface area contributed by atoms with E-state index in [1.165, 1.54) is 75.1 Å². The van der Waals surface area contributed by atoms with E-state index in [1.807, 2.05) is 11.3 Å². The average Bonchev–Trinajstić information content (AvgIpc) is 3.57. The number of fused-ring (bicyclic) bond motifs is 5. The Morgan fingerprint density at radius 3 is 1.65 bits per heavy atom. The van der Waals surface area contributed by atoms with Crippen LogP contribution in [0.1, 0.15) is 0 Å². The van der Waals surface area contributed by atoms with Crippen LogP contribution >= 0.6 is 11.3 Å². The number of nitrogens with zero attached hydrogens (tertiary/aromatic N) is 1. The molecule has 0 unspecified atom stereocenters. The largest absolute Gasteiger partial charge is 0.310 e. The van der Waals surface area contributed by atoms with Crippen LogP contribution in [0.2, 0.25) is 0 Å². The van der Waals surface area contributed by atoms with Gasteiger partial charge in [0.15, 0.2) is 0 Å². The predicted molar refractivity (Wildman–Crippen MR) is 225 cm³/mol. The van der Waals surface area contributed by atoms with Crippen molar-refractivity contribution >= 4 is 70.1 Å². The van der Waals surface area contributed by atoms with Crippen LogP contribution in [0.25, 0.3) is 75.1 Å². The van der Waals surface area contributed by atoms with Crippen molar-refractivity contribution < 1.29 is 0 Å². The minimum atomic E-state index is 1.11. The van der Waals surface area contributed by atoms with Crippen LogP contribution in [0, 0.1) is 0 Å². The molecule has 0 fully saturated rings. The quantitative estimate of drug-likeness (QED) is 0.169. The molecule has 0 aliphatic rings. The highest BCUT2D eigenvalue weighted by Crippen LogP contribution is 2.43. The lowest BCUT2D eigenvalue weighted by molar-refractivity contribution is 1.28. The number of thiophene rings is 1. The number of para-hydroxylation sites is 1. The molecule has 0 bridgehead atoms. The van der Waals surface area contributed by atoms with E-state index in [0.29, 0.717) is 0 Å². The lowest BCUT2D eigenvalue weighted by Crippen LogP contribution is -2.11. The Morgan fingerprint density at radius 1 is 0.308 bits per heavy atom. The molecule has 0 N–H and O–H groups in total.